The van der Waals surface area contributed by atoms with Crippen LogP contribution in [-0.4, -0.2) is 46.2 Å². The van der Waals surface area contributed by atoms with E-state index < -0.39 is 5.82 Å². The van der Waals surface area contributed by atoms with Gasteiger partial charge in [-0.25, -0.2) is 4.39 Å². The molecule has 0 amide bonds. The van der Waals surface area contributed by atoms with Crippen LogP contribution in [0.2, 0.25) is 0 Å². The van der Waals surface area contributed by atoms with Crippen LogP contribution in [-0.2, 0) is 0 Å². The molecule has 4 nitrogen and oxygen atoms in total. The second kappa shape index (κ2) is 6.44. The maximum Gasteiger partial charge on any atom is 0.167 e. The van der Waals surface area contributed by atoms with Crippen molar-refractivity contribution >= 4 is 11.4 Å². The summed E-state index contributed by atoms with van der Waals surface area (Å²) in [4.78, 5) is 4.14. The van der Waals surface area contributed by atoms with Crippen molar-refractivity contribution in [2.45, 2.75) is 6.42 Å². The van der Waals surface area contributed by atoms with Gasteiger partial charge < -0.3 is 20.3 Å². The maximum absolute atomic E-state index is 13.4. The average Bonchev–Trinajstić information content (AvgIpc) is 2.28. The van der Waals surface area contributed by atoms with Gasteiger partial charge in [0.1, 0.15) is 0 Å². The van der Waals surface area contributed by atoms with E-state index in [-0.39, 0.29) is 5.75 Å². The smallest absolute Gasteiger partial charge is 0.167 e. The molecule has 0 heterocycles. The molecule has 0 unspecified atom stereocenters. The third-order valence-electron chi connectivity index (χ3n) is 2.81. The van der Waals surface area contributed by atoms with Crippen LogP contribution < -0.4 is 15.4 Å². The fourth-order valence-corrected chi connectivity index (χ4v) is 1.79. The van der Waals surface area contributed by atoms with Gasteiger partial charge in [-0.3, -0.25) is 0 Å². The SMILES string of the molecule is COc1cc(N(C)CCCN(C)C)c(N)cc1F. The molecule has 0 atom stereocenters. The topological polar surface area (TPSA) is 41.7 Å². The van der Waals surface area contributed by atoms with Crippen molar-refractivity contribution in [1.29, 1.82) is 0 Å². The van der Waals surface area contributed by atoms with Crippen LogP contribution in [0.5, 0.6) is 5.75 Å². The lowest BCUT2D eigenvalue weighted by atomic mass is 10.2. The van der Waals surface area contributed by atoms with Crippen molar-refractivity contribution in [2.24, 2.45) is 0 Å². The Bertz CT molecular complexity index is 396. The van der Waals surface area contributed by atoms with Crippen molar-refractivity contribution in [1.82, 2.24) is 4.90 Å². The van der Waals surface area contributed by atoms with Crippen LogP contribution in [0.15, 0.2) is 12.1 Å². The average molecular weight is 255 g/mol. The molecule has 0 saturated carbocycles. The Hall–Kier alpha value is -1.49. The number of ether oxygens (including phenoxy) is 1. The number of nitrogen functional groups attached to an aromatic ring is 1. The van der Waals surface area contributed by atoms with Gasteiger partial charge in [0.25, 0.3) is 0 Å². The Labute approximate surface area is 108 Å². The highest BCUT2D eigenvalue weighted by molar-refractivity contribution is 5.69. The van der Waals surface area contributed by atoms with Crippen molar-refractivity contribution < 1.29 is 9.13 Å². The standard InChI is InChI=1S/C13H22FN3O/c1-16(2)6-5-7-17(3)12-9-13(18-4)10(14)8-11(12)15/h8-9H,5-7,15H2,1-4H3. The fraction of sp³-hybridized carbons (Fsp3) is 0.538. The second-order valence-electron chi connectivity index (χ2n) is 4.62. The van der Waals surface area contributed by atoms with Crippen LogP contribution in [0, 0.1) is 5.82 Å². The largest absolute Gasteiger partial charge is 0.494 e. The lowest BCUT2D eigenvalue weighted by Crippen LogP contribution is -2.24. The van der Waals surface area contributed by atoms with Gasteiger partial charge in [0.15, 0.2) is 11.6 Å². The molecule has 102 valence electrons. The van der Waals surface area contributed by atoms with Crippen LogP contribution in [0.4, 0.5) is 15.8 Å². The van der Waals surface area contributed by atoms with Crippen molar-refractivity contribution in [3.8, 4) is 5.75 Å². The molecule has 0 aliphatic rings. The molecule has 0 bridgehead atoms. The third-order valence-corrected chi connectivity index (χ3v) is 2.81. The van der Waals surface area contributed by atoms with E-state index in [9.17, 15) is 4.39 Å². The summed E-state index contributed by atoms with van der Waals surface area (Å²) in [5.74, 6) is -0.209. The normalized spacial score (nSPS) is 10.8. The van der Waals surface area contributed by atoms with E-state index in [4.69, 9.17) is 10.5 Å². The van der Waals surface area contributed by atoms with Crippen molar-refractivity contribution in [3.05, 3.63) is 17.9 Å². The quantitative estimate of drug-likeness (QED) is 0.787. The number of anilines is 2. The molecule has 0 radical (unpaired) electrons. The van der Waals surface area contributed by atoms with Crippen LogP contribution >= 0.6 is 0 Å². The molecule has 0 aliphatic heterocycles. The molecular weight excluding hydrogens is 233 g/mol. The molecule has 5 heteroatoms. The summed E-state index contributed by atoms with van der Waals surface area (Å²) in [6.07, 6.45) is 1.02. The number of halogens is 1. The highest BCUT2D eigenvalue weighted by Crippen LogP contribution is 2.30. The molecule has 2 N–H and O–H groups in total. The lowest BCUT2D eigenvalue weighted by molar-refractivity contribution is 0.386. The number of methoxy groups -OCH3 is 1. The molecule has 0 aromatic heterocycles. The molecule has 0 aliphatic carbocycles. The summed E-state index contributed by atoms with van der Waals surface area (Å²) >= 11 is 0. The Morgan fingerprint density at radius 1 is 1.22 bits per heavy atom. The van der Waals surface area contributed by atoms with Gasteiger partial charge in [-0.1, -0.05) is 0 Å². The van der Waals surface area contributed by atoms with Crippen LogP contribution in [0.25, 0.3) is 0 Å². The van der Waals surface area contributed by atoms with Gasteiger partial charge in [0, 0.05) is 25.7 Å². The van der Waals surface area contributed by atoms with Gasteiger partial charge in [0.2, 0.25) is 0 Å². The molecule has 1 rings (SSSR count). The first-order chi connectivity index (χ1) is 8.45. The summed E-state index contributed by atoms with van der Waals surface area (Å²) in [7, 11) is 7.47. The van der Waals surface area contributed by atoms with Gasteiger partial charge in [-0.05, 0) is 27.1 Å². The Morgan fingerprint density at radius 3 is 2.44 bits per heavy atom. The summed E-state index contributed by atoms with van der Waals surface area (Å²) in [5, 5.41) is 0. The van der Waals surface area contributed by atoms with E-state index in [1.807, 2.05) is 26.0 Å². The van der Waals surface area contributed by atoms with E-state index in [1.54, 1.807) is 6.07 Å². The van der Waals surface area contributed by atoms with E-state index in [0.29, 0.717) is 5.69 Å². The van der Waals surface area contributed by atoms with E-state index in [0.717, 1.165) is 25.2 Å². The number of hydrogen-bond acceptors (Lipinski definition) is 4. The molecule has 0 saturated heterocycles. The summed E-state index contributed by atoms with van der Waals surface area (Å²) in [5.41, 5.74) is 7.06. The first kappa shape index (κ1) is 14.6. The minimum atomic E-state index is -0.430. The van der Waals surface area contributed by atoms with Crippen LogP contribution in [0.1, 0.15) is 6.42 Å². The zero-order valence-electron chi connectivity index (χ0n) is 11.5. The van der Waals surface area contributed by atoms with Crippen LogP contribution in [0.3, 0.4) is 0 Å². The zero-order chi connectivity index (χ0) is 13.7. The Morgan fingerprint density at radius 2 is 1.89 bits per heavy atom. The minimum absolute atomic E-state index is 0.221. The fourth-order valence-electron chi connectivity index (χ4n) is 1.79. The van der Waals surface area contributed by atoms with Gasteiger partial charge in [-0.15, -0.1) is 0 Å². The van der Waals surface area contributed by atoms with E-state index in [1.165, 1.54) is 13.2 Å². The number of benzene rings is 1. The first-order valence-corrected chi connectivity index (χ1v) is 5.94. The zero-order valence-corrected chi connectivity index (χ0v) is 11.5. The monoisotopic (exact) mass is 255 g/mol. The number of rotatable bonds is 6. The summed E-state index contributed by atoms with van der Waals surface area (Å²) < 4.78 is 18.4. The summed E-state index contributed by atoms with van der Waals surface area (Å²) in [6.45, 7) is 1.86. The molecule has 1 aromatic rings. The Kier molecular flexibility index (Phi) is 5.22. The van der Waals surface area contributed by atoms with Crippen molar-refractivity contribution in [2.75, 3.05) is 52.0 Å². The van der Waals surface area contributed by atoms with Gasteiger partial charge in [-0.2, -0.15) is 0 Å². The lowest BCUT2D eigenvalue weighted by Gasteiger charge is -2.22. The number of nitrogens with two attached hydrogens (primary N) is 1. The van der Waals surface area contributed by atoms with Gasteiger partial charge in [0.05, 0.1) is 18.5 Å². The molecule has 1 aromatic carbocycles. The third kappa shape index (κ3) is 3.77. The molecule has 0 fully saturated rings. The summed E-state index contributed by atoms with van der Waals surface area (Å²) in [6, 6.07) is 2.94. The molecular formula is C13H22FN3O. The van der Waals surface area contributed by atoms with E-state index >= 15 is 0 Å². The van der Waals surface area contributed by atoms with E-state index in [2.05, 4.69) is 4.90 Å². The predicted molar refractivity (Wildman–Crippen MR) is 73.8 cm³/mol. The molecule has 18 heavy (non-hydrogen) atoms. The van der Waals surface area contributed by atoms with Gasteiger partial charge >= 0.3 is 0 Å². The van der Waals surface area contributed by atoms with Crippen molar-refractivity contribution in [3.63, 3.8) is 0 Å². The first-order valence-electron chi connectivity index (χ1n) is 5.94. The minimum Gasteiger partial charge on any atom is -0.494 e. The molecule has 0 spiro atoms. The highest BCUT2D eigenvalue weighted by Gasteiger charge is 2.11. The number of nitrogens with zero attached hydrogens (tertiary/aromatic N) is 2. The highest BCUT2D eigenvalue weighted by atomic mass is 19.1. The predicted octanol–water partition coefficient (Wildman–Crippen LogP) is 1.80. The Balaban J connectivity index is 2.75. The number of hydrogen-bond donors (Lipinski definition) is 1. The second-order valence-corrected chi connectivity index (χ2v) is 4.62. The maximum atomic E-state index is 13.4.